The molecule has 0 amide bonds. The number of aromatic hydroxyl groups is 3. The first-order valence-corrected chi connectivity index (χ1v) is 8.47. The standard InChI is InChI=1S/C21H22O5/c1-12-18(24)15-10-11-21(2,3)26-20(15)17(19(12)25)16(23)9-6-13-4-7-14(22)8-5-13/h4-5,7-8,10-11,22,24-25H,6,9H2,1-3H3. The van der Waals surface area contributed by atoms with E-state index in [1.54, 1.807) is 43.3 Å². The highest BCUT2D eigenvalue weighted by atomic mass is 16.5. The Labute approximate surface area is 152 Å². The molecule has 2 aromatic carbocycles. The normalized spacial score (nSPS) is 14.6. The first-order chi connectivity index (χ1) is 12.2. The van der Waals surface area contributed by atoms with Gasteiger partial charge in [0.05, 0.1) is 5.56 Å². The molecule has 0 fully saturated rings. The quantitative estimate of drug-likeness (QED) is 0.719. The Bertz CT molecular complexity index is 892. The monoisotopic (exact) mass is 354 g/mol. The molecule has 2 aromatic rings. The van der Waals surface area contributed by atoms with Gasteiger partial charge >= 0.3 is 0 Å². The number of fused-ring (bicyclic) bond motifs is 1. The van der Waals surface area contributed by atoms with Gasteiger partial charge in [0.2, 0.25) is 0 Å². The van der Waals surface area contributed by atoms with Crippen molar-refractivity contribution >= 4 is 11.9 Å². The van der Waals surface area contributed by atoms with Crippen LogP contribution in [-0.2, 0) is 6.42 Å². The van der Waals surface area contributed by atoms with Gasteiger partial charge in [-0.3, -0.25) is 4.79 Å². The molecule has 1 aliphatic rings. The first-order valence-electron chi connectivity index (χ1n) is 8.47. The van der Waals surface area contributed by atoms with Gasteiger partial charge in [0.25, 0.3) is 0 Å². The van der Waals surface area contributed by atoms with Crippen molar-refractivity contribution in [3.8, 4) is 23.0 Å². The summed E-state index contributed by atoms with van der Waals surface area (Å²) in [5.74, 6) is -0.208. The van der Waals surface area contributed by atoms with E-state index in [4.69, 9.17) is 4.74 Å². The molecule has 5 heteroatoms. The topological polar surface area (TPSA) is 87.0 Å². The zero-order valence-corrected chi connectivity index (χ0v) is 15.0. The molecule has 0 aliphatic carbocycles. The minimum absolute atomic E-state index is 0.0839. The van der Waals surface area contributed by atoms with Crippen LogP contribution in [0.15, 0.2) is 30.3 Å². The van der Waals surface area contributed by atoms with E-state index in [1.807, 2.05) is 13.8 Å². The second-order valence-electron chi connectivity index (χ2n) is 7.07. The molecule has 1 heterocycles. The van der Waals surface area contributed by atoms with Gasteiger partial charge in [-0.25, -0.2) is 0 Å². The summed E-state index contributed by atoms with van der Waals surface area (Å²) in [4.78, 5) is 12.9. The number of Topliss-reactive ketones (excluding diaryl/α,β-unsaturated/α-hetero) is 1. The molecule has 0 spiro atoms. The fourth-order valence-corrected chi connectivity index (χ4v) is 3.00. The number of carbonyl (C=O) groups is 1. The number of rotatable bonds is 4. The lowest BCUT2D eigenvalue weighted by Gasteiger charge is -2.30. The average molecular weight is 354 g/mol. The smallest absolute Gasteiger partial charge is 0.170 e. The maximum absolute atomic E-state index is 12.9. The highest BCUT2D eigenvalue weighted by Gasteiger charge is 2.32. The summed E-state index contributed by atoms with van der Waals surface area (Å²) in [7, 11) is 0. The fraction of sp³-hybridized carbons (Fsp3) is 0.286. The molecule has 0 bridgehead atoms. The van der Waals surface area contributed by atoms with Crippen molar-refractivity contribution in [3.63, 3.8) is 0 Å². The zero-order valence-electron chi connectivity index (χ0n) is 15.0. The van der Waals surface area contributed by atoms with Crippen molar-refractivity contribution in [1.82, 2.24) is 0 Å². The van der Waals surface area contributed by atoms with Gasteiger partial charge in [-0.05, 0) is 57.0 Å². The second kappa shape index (κ2) is 6.41. The molecule has 0 unspecified atom stereocenters. The Kier molecular flexibility index (Phi) is 4.40. The van der Waals surface area contributed by atoms with Crippen LogP contribution in [0.1, 0.15) is 47.3 Å². The predicted molar refractivity (Wildman–Crippen MR) is 99.0 cm³/mol. The molecular formula is C21H22O5. The minimum atomic E-state index is -0.646. The van der Waals surface area contributed by atoms with Crippen molar-refractivity contribution < 1.29 is 24.9 Å². The number of phenols is 3. The van der Waals surface area contributed by atoms with Gasteiger partial charge < -0.3 is 20.1 Å². The van der Waals surface area contributed by atoms with Crippen molar-refractivity contribution in [1.29, 1.82) is 0 Å². The number of aryl methyl sites for hydroxylation is 1. The Balaban J connectivity index is 1.96. The van der Waals surface area contributed by atoms with Crippen LogP contribution >= 0.6 is 0 Å². The molecule has 0 atom stereocenters. The maximum Gasteiger partial charge on any atom is 0.170 e. The van der Waals surface area contributed by atoms with Gasteiger partial charge in [0, 0.05) is 12.0 Å². The number of phenolic OH excluding ortho intramolecular Hbond substituents is 3. The molecule has 0 saturated carbocycles. The molecule has 26 heavy (non-hydrogen) atoms. The van der Waals surface area contributed by atoms with Gasteiger partial charge in [-0.15, -0.1) is 0 Å². The van der Waals surface area contributed by atoms with Gasteiger partial charge in [-0.1, -0.05) is 12.1 Å². The summed E-state index contributed by atoms with van der Waals surface area (Å²) in [6, 6.07) is 6.64. The molecule has 0 radical (unpaired) electrons. The molecule has 136 valence electrons. The minimum Gasteiger partial charge on any atom is -0.508 e. The predicted octanol–water partition coefficient (Wildman–Crippen LogP) is 4.11. The SMILES string of the molecule is Cc1c(O)c2c(c(C(=O)CCc3ccc(O)cc3)c1O)OC(C)(C)C=C2. The molecule has 5 nitrogen and oxygen atoms in total. The summed E-state index contributed by atoms with van der Waals surface area (Å²) in [6.45, 7) is 5.24. The molecular weight excluding hydrogens is 332 g/mol. The number of ether oxygens (including phenoxy) is 1. The van der Waals surface area contributed by atoms with Crippen LogP contribution in [0.5, 0.6) is 23.0 Å². The lowest BCUT2D eigenvalue weighted by molar-refractivity contribution is 0.0966. The summed E-state index contributed by atoms with van der Waals surface area (Å²) in [5, 5.41) is 30.1. The number of hydrogen-bond donors (Lipinski definition) is 3. The van der Waals surface area contributed by atoms with Crippen molar-refractivity contribution in [2.45, 2.75) is 39.2 Å². The van der Waals surface area contributed by atoms with Gasteiger partial charge in [-0.2, -0.15) is 0 Å². The lowest BCUT2D eigenvalue weighted by Crippen LogP contribution is -2.29. The fourth-order valence-electron chi connectivity index (χ4n) is 3.00. The molecule has 0 saturated heterocycles. The Morgan fingerprint density at radius 2 is 1.73 bits per heavy atom. The highest BCUT2D eigenvalue weighted by Crippen LogP contribution is 2.46. The zero-order chi connectivity index (χ0) is 19.1. The van der Waals surface area contributed by atoms with Crippen LogP contribution in [0.25, 0.3) is 6.08 Å². The Morgan fingerprint density at radius 1 is 1.08 bits per heavy atom. The van der Waals surface area contributed by atoms with Crippen molar-refractivity contribution in [2.24, 2.45) is 0 Å². The van der Waals surface area contributed by atoms with Crippen LogP contribution in [0.3, 0.4) is 0 Å². The number of ketones is 1. The second-order valence-corrected chi connectivity index (χ2v) is 7.07. The highest BCUT2D eigenvalue weighted by molar-refractivity contribution is 6.03. The van der Waals surface area contributed by atoms with Crippen molar-refractivity contribution in [3.05, 3.63) is 52.6 Å². The summed E-state index contributed by atoms with van der Waals surface area (Å²) in [6.07, 6.45) is 4.16. The van der Waals surface area contributed by atoms with Crippen molar-refractivity contribution in [2.75, 3.05) is 0 Å². The van der Waals surface area contributed by atoms with Crippen LogP contribution in [0.4, 0.5) is 0 Å². The van der Waals surface area contributed by atoms with E-state index in [1.165, 1.54) is 0 Å². The summed E-state index contributed by atoms with van der Waals surface area (Å²) in [5.41, 5.74) is 1.03. The number of carbonyl (C=O) groups excluding carboxylic acids is 1. The summed E-state index contributed by atoms with van der Waals surface area (Å²) >= 11 is 0. The molecule has 1 aliphatic heterocycles. The van der Waals surface area contributed by atoms with Gasteiger partial charge in [0.1, 0.15) is 34.2 Å². The third-order valence-corrected chi connectivity index (χ3v) is 4.55. The van der Waals surface area contributed by atoms with E-state index in [9.17, 15) is 20.1 Å². The first kappa shape index (κ1) is 17.9. The molecule has 3 N–H and O–H groups in total. The van der Waals surface area contributed by atoms with Crippen LogP contribution in [0.2, 0.25) is 0 Å². The number of hydrogen-bond acceptors (Lipinski definition) is 5. The third kappa shape index (κ3) is 3.25. The van der Waals surface area contributed by atoms with E-state index in [0.717, 1.165) is 5.56 Å². The Hall–Kier alpha value is -2.95. The molecule has 3 rings (SSSR count). The van der Waals surface area contributed by atoms with E-state index in [0.29, 0.717) is 12.0 Å². The largest absolute Gasteiger partial charge is 0.508 e. The van der Waals surface area contributed by atoms with E-state index in [-0.39, 0.29) is 46.3 Å². The van der Waals surface area contributed by atoms with Crippen LogP contribution in [-0.4, -0.2) is 26.7 Å². The average Bonchev–Trinajstić information content (AvgIpc) is 2.58. The van der Waals surface area contributed by atoms with E-state index in [2.05, 4.69) is 0 Å². The maximum atomic E-state index is 12.9. The van der Waals surface area contributed by atoms with Crippen LogP contribution < -0.4 is 4.74 Å². The Morgan fingerprint density at radius 3 is 2.38 bits per heavy atom. The number of benzene rings is 2. The third-order valence-electron chi connectivity index (χ3n) is 4.55. The van der Waals surface area contributed by atoms with Crippen LogP contribution in [0, 0.1) is 6.92 Å². The molecule has 0 aromatic heterocycles. The summed E-state index contributed by atoms with van der Waals surface area (Å²) < 4.78 is 5.90. The lowest BCUT2D eigenvalue weighted by atomic mass is 9.92. The van der Waals surface area contributed by atoms with E-state index < -0.39 is 5.60 Å². The van der Waals surface area contributed by atoms with E-state index >= 15 is 0 Å². The van der Waals surface area contributed by atoms with Gasteiger partial charge in [0.15, 0.2) is 5.78 Å².